The molecule has 0 saturated heterocycles. The third-order valence-corrected chi connectivity index (χ3v) is 2.83. The maximum absolute atomic E-state index is 4.19. The van der Waals surface area contributed by atoms with E-state index in [1.165, 1.54) is 18.1 Å². The van der Waals surface area contributed by atoms with Crippen LogP contribution in [0, 0.1) is 0 Å². The molecule has 0 amide bonds. The van der Waals surface area contributed by atoms with Gasteiger partial charge in [0.2, 0.25) is 0 Å². The van der Waals surface area contributed by atoms with E-state index in [2.05, 4.69) is 36.1 Å². The molecule has 1 aromatic heterocycles. The summed E-state index contributed by atoms with van der Waals surface area (Å²) >= 11 is 4.92. The van der Waals surface area contributed by atoms with Gasteiger partial charge in [-0.05, 0) is 24.5 Å². The Kier molecular flexibility index (Phi) is 4.22. The smallest absolute Gasteiger partial charge is 0.116 e. The Bertz CT molecular complexity index is 583. The van der Waals surface area contributed by atoms with Gasteiger partial charge in [0.1, 0.15) is 6.33 Å². The summed E-state index contributed by atoms with van der Waals surface area (Å²) in [5.74, 6) is 0. The van der Waals surface area contributed by atoms with Gasteiger partial charge in [-0.15, -0.1) is 11.8 Å². The molecule has 0 radical (unpaired) electrons. The van der Waals surface area contributed by atoms with Gasteiger partial charge in [-0.3, -0.25) is 0 Å². The monoisotopic (exact) mass is 308 g/mol. The van der Waals surface area contributed by atoms with Crippen molar-refractivity contribution in [2.75, 3.05) is 6.26 Å². The van der Waals surface area contributed by atoms with Gasteiger partial charge in [0, 0.05) is 9.86 Å². The predicted octanol–water partition coefficient (Wildman–Crippen LogP) is 3.12. The fraction of sp³-hybridized carbons (Fsp3) is 0.0909. The van der Waals surface area contributed by atoms with E-state index in [-0.39, 0.29) is 0 Å². The molecule has 0 aliphatic rings. The topological polar surface area (TPSA) is 50.5 Å². The quantitative estimate of drug-likeness (QED) is 0.497. The zero-order valence-electron chi connectivity index (χ0n) is 9.04. The summed E-state index contributed by atoms with van der Waals surface area (Å²) in [4.78, 5) is 8.37. The molecule has 0 spiro atoms. The van der Waals surface area contributed by atoms with Crippen LogP contribution < -0.4 is 0 Å². The molecule has 0 unspecified atom stereocenters. The first-order valence-electron chi connectivity index (χ1n) is 4.79. The third kappa shape index (κ3) is 3.10. The molecule has 0 aliphatic carbocycles. The van der Waals surface area contributed by atoms with E-state index in [0.717, 1.165) is 21.1 Å². The normalized spacial score (nSPS) is 11.9. The molecule has 0 fully saturated rings. The average molecular weight is 309 g/mol. The Morgan fingerprint density at radius 1 is 1.29 bits per heavy atom. The molecule has 0 bridgehead atoms. The number of hydrogen-bond donors (Lipinski definition) is 0. The summed E-state index contributed by atoms with van der Waals surface area (Å²) in [6.07, 6.45) is 5.08. The van der Waals surface area contributed by atoms with Gasteiger partial charge in [0.15, 0.2) is 0 Å². The minimum Gasteiger partial charge on any atom is -0.236 e. The lowest BCUT2D eigenvalue weighted by Gasteiger charge is -1.99. The molecule has 0 atom stereocenters. The van der Waals surface area contributed by atoms with Gasteiger partial charge in [-0.1, -0.05) is 15.9 Å². The van der Waals surface area contributed by atoms with Crippen molar-refractivity contribution in [1.82, 2.24) is 9.97 Å². The first-order valence-corrected chi connectivity index (χ1v) is 6.87. The highest BCUT2D eigenvalue weighted by molar-refractivity contribution is 9.10. The number of nitrogens with zero attached hydrogens (tertiary/aromatic N) is 4. The van der Waals surface area contributed by atoms with E-state index in [1.807, 2.05) is 24.5 Å². The molecular weight excluding hydrogens is 300 g/mol. The van der Waals surface area contributed by atoms with Crippen LogP contribution in [-0.4, -0.2) is 28.0 Å². The van der Waals surface area contributed by atoms with Crippen LogP contribution in [-0.2, 0) is 0 Å². The van der Waals surface area contributed by atoms with Gasteiger partial charge in [0.25, 0.3) is 0 Å². The minimum absolute atomic E-state index is 0.759. The Hall–Kier alpha value is -1.27. The molecule has 6 heteroatoms. The van der Waals surface area contributed by atoms with Crippen molar-refractivity contribution >= 4 is 50.4 Å². The zero-order chi connectivity index (χ0) is 12.1. The second kappa shape index (κ2) is 5.88. The number of aromatic nitrogens is 2. The SMILES string of the molecule is CSC=NN=Cc1ncnc2ccc(Br)cc12. The van der Waals surface area contributed by atoms with Gasteiger partial charge in [0.05, 0.1) is 23.0 Å². The lowest BCUT2D eigenvalue weighted by Crippen LogP contribution is -1.91. The summed E-state index contributed by atoms with van der Waals surface area (Å²) in [5, 5.41) is 8.73. The van der Waals surface area contributed by atoms with Gasteiger partial charge >= 0.3 is 0 Å². The van der Waals surface area contributed by atoms with E-state index in [0.29, 0.717) is 0 Å². The molecule has 0 N–H and O–H groups in total. The fourth-order valence-electron chi connectivity index (χ4n) is 1.31. The van der Waals surface area contributed by atoms with Crippen LogP contribution in [0.3, 0.4) is 0 Å². The van der Waals surface area contributed by atoms with E-state index in [1.54, 1.807) is 11.8 Å². The minimum atomic E-state index is 0.759. The lowest BCUT2D eigenvalue weighted by atomic mass is 10.2. The molecule has 0 aliphatic heterocycles. The van der Waals surface area contributed by atoms with Crippen LogP contribution in [0.15, 0.2) is 39.2 Å². The van der Waals surface area contributed by atoms with Gasteiger partial charge < -0.3 is 0 Å². The Labute approximate surface area is 111 Å². The molecule has 2 aromatic rings. The van der Waals surface area contributed by atoms with Crippen LogP contribution in [0.2, 0.25) is 0 Å². The Morgan fingerprint density at radius 2 is 2.18 bits per heavy atom. The highest BCUT2D eigenvalue weighted by Crippen LogP contribution is 2.19. The predicted molar refractivity (Wildman–Crippen MR) is 76.8 cm³/mol. The molecule has 86 valence electrons. The highest BCUT2D eigenvalue weighted by Gasteiger charge is 2.01. The summed E-state index contributed by atoms with van der Waals surface area (Å²) in [7, 11) is 0. The molecular formula is C11H9BrN4S. The largest absolute Gasteiger partial charge is 0.236 e. The van der Waals surface area contributed by atoms with Crippen LogP contribution in [0.1, 0.15) is 5.69 Å². The summed E-state index contributed by atoms with van der Waals surface area (Å²) < 4.78 is 0.988. The molecule has 1 heterocycles. The van der Waals surface area contributed by atoms with Crippen LogP contribution >= 0.6 is 27.7 Å². The number of fused-ring (bicyclic) bond motifs is 1. The molecule has 0 saturated carbocycles. The van der Waals surface area contributed by atoms with E-state index < -0.39 is 0 Å². The van der Waals surface area contributed by atoms with E-state index >= 15 is 0 Å². The second-order valence-electron chi connectivity index (χ2n) is 3.12. The van der Waals surface area contributed by atoms with Gasteiger partial charge in [-0.2, -0.15) is 10.2 Å². The average Bonchev–Trinajstić information content (AvgIpc) is 2.35. The van der Waals surface area contributed by atoms with Crippen LogP contribution in [0.4, 0.5) is 0 Å². The number of halogens is 1. The number of benzene rings is 1. The lowest BCUT2D eigenvalue weighted by molar-refractivity contribution is 1.19. The Balaban J connectivity index is 2.43. The number of hydrogen-bond acceptors (Lipinski definition) is 5. The number of thioether (sulfide) groups is 1. The first-order chi connectivity index (χ1) is 8.31. The molecule has 2 rings (SSSR count). The van der Waals surface area contributed by atoms with Crippen molar-refractivity contribution in [3.05, 3.63) is 34.7 Å². The first kappa shape index (κ1) is 12.2. The number of rotatable bonds is 3. The third-order valence-electron chi connectivity index (χ3n) is 2.03. The summed E-state index contributed by atoms with van der Waals surface area (Å²) in [5.41, 5.74) is 3.31. The summed E-state index contributed by atoms with van der Waals surface area (Å²) in [6.45, 7) is 0. The molecule has 17 heavy (non-hydrogen) atoms. The standard InChI is InChI=1S/C11H9BrN4S/c1-17-7-16-15-5-11-9-4-8(12)2-3-10(9)13-6-14-11/h2-7H,1H3. The maximum Gasteiger partial charge on any atom is 0.116 e. The van der Waals surface area contributed by atoms with E-state index in [9.17, 15) is 0 Å². The second-order valence-corrected chi connectivity index (χ2v) is 4.72. The highest BCUT2D eigenvalue weighted by atomic mass is 79.9. The van der Waals surface area contributed by atoms with Crippen LogP contribution in [0.25, 0.3) is 10.9 Å². The van der Waals surface area contributed by atoms with Crippen molar-refractivity contribution in [2.24, 2.45) is 10.2 Å². The zero-order valence-corrected chi connectivity index (χ0v) is 11.4. The molecule has 1 aromatic carbocycles. The van der Waals surface area contributed by atoms with Crippen LogP contribution in [0.5, 0.6) is 0 Å². The summed E-state index contributed by atoms with van der Waals surface area (Å²) in [6, 6.07) is 5.85. The Morgan fingerprint density at radius 3 is 3.00 bits per heavy atom. The van der Waals surface area contributed by atoms with Gasteiger partial charge in [-0.25, -0.2) is 9.97 Å². The van der Waals surface area contributed by atoms with Crippen molar-refractivity contribution in [3.63, 3.8) is 0 Å². The van der Waals surface area contributed by atoms with E-state index in [4.69, 9.17) is 0 Å². The van der Waals surface area contributed by atoms with Crippen molar-refractivity contribution in [3.8, 4) is 0 Å². The van der Waals surface area contributed by atoms with Crippen molar-refractivity contribution < 1.29 is 0 Å². The maximum atomic E-state index is 4.19. The van der Waals surface area contributed by atoms with Crippen molar-refractivity contribution in [2.45, 2.75) is 0 Å². The molecule has 4 nitrogen and oxygen atoms in total. The fourth-order valence-corrected chi connectivity index (χ4v) is 1.82. The van der Waals surface area contributed by atoms with Crippen molar-refractivity contribution in [1.29, 1.82) is 0 Å².